The van der Waals surface area contributed by atoms with Gasteiger partial charge in [-0.05, 0) is 37.3 Å². The summed E-state index contributed by atoms with van der Waals surface area (Å²) in [7, 11) is 0. The highest BCUT2D eigenvalue weighted by atomic mass is 35.5. The van der Waals surface area contributed by atoms with Crippen LogP contribution < -0.4 is 5.43 Å². The van der Waals surface area contributed by atoms with E-state index in [0.717, 1.165) is 6.07 Å². The third kappa shape index (κ3) is 4.70. The van der Waals surface area contributed by atoms with Gasteiger partial charge >= 0.3 is 5.97 Å². The molecule has 0 radical (unpaired) electrons. The SMILES string of the molecule is CCOC(=O)C[C@H](c1ccc(-c2cc(Cl)ccc2Cl)o1)c1oc(CO)cc(=O)c1O. The van der Waals surface area contributed by atoms with Gasteiger partial charge in [0.25, 0.3) is 0 Å². The van der Waals surface area contributed by atoms with E-state index in [9.17, 15) is 19.8 Å². The zero-order chi connectivity index (χ0) is 21.8. The number of benzene rings is 1. The number of carbonyl (C=O) groups is 1. The maximum atomic E-state index is 12.2. The van der Waals surface area contributed by atoms with E-state index < -0.39 is 29.7 Å². The fourth-order valence-corrected chi connectivity index (χ4v) is 3.33. The quantitative estimate of drug-likeness (QED) is 0.508. The van der Waals surface area contributed by atoms with E-state index in [1.54, 1.807) is 37.3 Å². The molecule has 0 spiro atoms. The molecule has 3 aromatic rings. The molecule has 2 N–H and O–H groups in total. The third-order valence-corrected chi connectivity index (χ3v) is 4.88. The van der Waals surface area contributed by atoms with Crippen LogP contribution in [0.2, 0.25) is 10.0 Å². The van der Waals surface area contributed by atoms with Crippen molar-refractivity contribution in [3.05, 3.63) is 73.9 Å². The summed E-state index contributed by atoms with van der Waals surface area (Å²) in [5.74, 6) is -1.92. The zero-order valence-corrected chi connectivity index (χ0v) is 17.4. The normalized spacial score (nSPS) is 12.0. The minimum Gasteiger partial charge on any atom is -0.502 e. The fraction of sp³-hybridized carbons (Fsp3) is 0.238. The lowest BCUT2D eigenvalue weighted by Gasteiger charge is -2.15. The standard InChI is InChI=1S/C21H18Cl2O7/c1-2-28-19(26)9-14(21-20(27)16(25)8-12(10-24)29-21)18-6-5-17(30-18)13-7-11(22)3-4-15(13)23/h3-8,14,24,27H,2,9-10H2,1H3/t14-/m1/s1. The summed E-state index contributed by atoms with van der Waals surface area (Å²) >= 11 is 12.3. The van der Waals surface area contributed by atoms with Crippen LogP contribution in [0, 0.1) is 0 Å². The van der Waals surface area contributed by atoms with Gasteiger partial charge in [-0.3, -0.25) is 9.59 Å². The van der Waals surface area contributed by atoms with Crippen LogP contribution in [0.1, 0.15) is 36.5 Å². The molecule has 0 saturated heterocycles. The number of esters is 1. The van der Waals surface area contributed by atoms with E-state index in [2.05, 4.69) is 0 Å². The highest BCUT2D eigenvalue weighted by molar-refractivity contribution is 6.35. The first-order chi connectivity index (χ1) is 14.3. The Kier molecular flexibility index (Phi) is 6.87. The van der Waals surface area contributed by atoms with Crippen molar-refractivity contribution >= 4 is 29.2 Å². The van der Waals surface area contributed by atoms with Gasteiger partial charge in [0.2, 0.25) is 11.2 Å². The number of halogens is 2. The Hall–Kier alpha value is -2.74. The maximum absolute atomic E-state index is 12.2. The predicted molar refractivity (Wildman–Crippen MR) is 110 cm³/mol. The number of carbonyl (C=O) groups excluding carboxylic acids is 1. The minimum absolute atomic E-state index is 0.0636. The molecule has 9 heteroatoms. The van der Waals surface area contributed by atoms with Gasteiger partial charge in [0, 0.05) is 16.7 Å². The highest BCUT2D eigenvalue weighted by Crippen LogP contribution is 2.38. The van der Waals surface area contributed by atoms with Crippen molar-refractivity contribution in [1.82, 2.24) is 0 Å². The monoisotopic (exact) mass is 452 g/mol. The maximum Gasteiger partial charge on any atom is 0.306 e. The predicted octanol–water partition coefficient (Wildman–Crippen LogP) is 4.49. The number of hydrogen-bond donors (Lipinski definition) is 2. The molecule has 0 aliphatic carbocycles. The molecule has 7 nitrogen and oxygen atoms in total. The molecule has 0 saturated carbocycles. The van der Waals surface area contributed by atoms with E-state index in [1.165, 1.54) is 0 Å². The molecule has 0 aliphatic heterocycles. The average Bonchev–Trinajstić information content (AvgIpc) is 3.20. The molecule has 2 heterocycles. The highest BCUT2D eigenvalue weighted by Gasteiger charge is 2.29. The van der Waals surface area contributed by atoms with Crippen molar-refractivity contribution in [1.29, 1.82) is 0 Å². The number of rotatable bonds is 7. The smallest absolute Gasteiger partial charge is 0.306 e. The molecule has 0 bridgehead atoms. The van der Waals surface area contributed by atoms with Crippen LogP contribution in [0.5, 0.6) is 5.75 Å². The number of ether oxygens (including phenoxy) is 1. The number of hydrogen-bond acceptors (Lipinski definition) is 7. The van der Waals surface area contributed by atoms with E-state index in [1.807, 2.05) is 0 Å². The van der Waals surface area contributed by atoms with Gasteiger partial charge in [0.05, 0.1) is 24.0 Å². The lowest BCUT2D eigenvalue weighted by molar-refractivity contribution is -0.143. The van der Waals surface area contributed by atoms with Crippen LogP contribution in [-0.2, 0) is 16.1 Å². The van der Waals surface area contributed by atoms with Gasteiger partial charge in [-0.15, -0.1) is 0 Å². The second-order valence-electron chi connectivity index (χ2n) is 6.34. The second-order valence-corrected chi connectivity index (χ2v) is 7.18. The van der Waals surface area contributed by atoms with E-state index in [-0.39, 0.29) is 30.3 Å². The van der Waals surface area contributed by atoms with Crippen molar-refractivity contribution in [2.24, 2.45) is 0 Å². The average molecular weight is 453 g/mol. The van der Waals surface area contributed by atoms with Gasteiger partial charge in [-0.2, -0.15) is 0 Å². The summed E-state index contributed by atoms with van der Waals surface area (Å²) in [5, 5.41) is 20.5. The van der Waals surface area contributed by atoms with Crippen molar-refractivity contribution in [2.45, 2.75) is 25.9 Å². The number of aliphatic hydroxyl groups is 1. The molecule has 0 amide bonds. The molecule has 158 valence electrons. The molecule has 2 aromatic heterocycles. The van der Waals surface area contributed by atoms with Gasteiger partial charge < -0.3 is 23.8 Å². The van der Waals surface area contributed by atoms with Gasteiger partial charge in [0.1, 0.15) is 23.9 Å². The molecule has 0 aliphatic rings. The molecular weight excluding hydrogens is 435 g/mol. The lowest BCUT2D eigenvalue weighted by atomic mass is 9.98. The largest absolute Gasteiger partial charge is 0.502 e. The van der Waals surface area contributed by atoms with Gasteiger partial charge in [-0.1, -0.05) is 23.2 Å². The van der Waals surface area contributed by atoms with Gasteiger partial charge in [0.15, 0.2) is 5.76 Å². The van der Waals surface area contributed by atoms with Crippen LogP contribution in [0.4, 0.5) is 0 Å². The first kappa shape index (κ1) is 22.0. The van der Waals surface area contributed by atoms with Crippen LogP contribution >= 0.6 is 23.2 Å². The summed E-state index contributed by atoms with van der Waals surface area (Å²) in [4.78, 5) is 24.2. The van der Waals surface area contributed by atoms with Crippen LogP contribution in [0.15, 0.2) is 50.0 Å². The molecule has 0 unspecified atom stereocenters. The zero-order valence-electron chi connectivity index (χ0n) is 15.9. The Morgan fingerprint density at radius 1 is 1.17 bits per heavy atom. The van der Waals surface area contributed by atoms with Crippen molar-refractivity contribution in [3.63, 3.8) is 0 Å². The first-order valence-electron chi connectivity index (χ1n) is 9.01. The number of aromatic hydroxyl groups is 1. The molecular formula is C21H18Cl2O7. The molecule has 3 rings (SSSR count). The Balaban J connectivity index is 2.10. The summed E-state index contributed by atoms with van der Waals surface area (Å²) < 4.78 is 16.4. The molecule has 1 aromatic carbocycles. The Morgan fingerprint density at radius 2 is 1.93 bits per heavy atom. The fourth-order valence-electron chi connectivity index (χ4n) is 2.95. The van der Waals surface area contributed by atoms with E-state index >= 15 is 0 Å². The Morgan fingerprint density at radius 3 is 2.63 bits per heavy atom. The first-order valence-corrected chi connectivity index (χ1v) is 9.77. The summed E-state index contributed by atoms with van der Waals surface area (Å²) in [6.45, 7) is 1.25. The lowest BCUT2D eigenvalue weighted by Crippen LogP contribution is -2.14. The van der Waals surface area contributed by atoms with E-state index in [4.69, 9.17) is 36.8 Å². The van der Waals surface area contributed by atoms with Crippen LogP contribution in [0.25, 0.3) is 11.3 Å². The van der Waals surface area contributed by atoms with Crippen molar-refractivity contribution in [2.75, 3.05) is 6.61 Å². The molecule has 0 fully saturated rings. The van der Waals surface area contributed by atoms with Crippen LogP contribution in [0.3, 0.4) is 0 Å². The molecule has 30 heavy (non-hydrogen) atoms. The summed E-state index contributed by atoms with van der Waals surface area (Å²) in [6, 6.07) is 9.04. The van der Waals surface area contributed by atoms with Crippen LogP contribution in [-0.4, -0.2) is 22.8 Å². The minimum atomic E-state index is -0.977. The van der Waals surface area contributed by atoms with Crippen molar-refractivity contribution in [3.8, 4) is 17.1 Å². The van der Waals surface area contributed by atoms with Crippen molar-refractivity contribution < 1.29 is 28.6 Å². The Bertz CT molecular complexity index is 1120. The van der Waals surface area contributed by atoms with E-state index in [0.29, 0.717) is 21.4 Å². The topological polar surface area (TPSA) is 110 Å². The van der Waals surface area contributed by atoms with Gasteiger partial charge in [-0.25, -0.2) is 0 Å². The number of furan rings is 1. The Labute approximate surface area is 181 Å². The second kappa shape index (κ2) is 9.38. The molecule has 1 atom stereocenters. The summed E-state index contributed by atoms with van der Waals surface area (Å²) in [6.07, 6.45) is -0.268. The summed E-state index contributed by atoms with van der Waals surface area (Å²) in [5.41, 5.74) is -0.223. The third-order valence-electron chi connectivity index (χ3n) is 4.31. The number of aliphatic hydroxyl groups excluding tert-OH is 1.